The molecule has 1 fully saturated rings. The average Bonchev–Trinajstić information content (AvgIpc) is 2.90. The summed E-state index contributed by atoms with van der Waals surface area (Å²) >= 11 is 11.9. The molecule has 8 heteroatoms. The lowest BCUT2D eigenvalue weighted by Gasteiger charge is -2.36. The first-order valence-electron chi connectivity index (χ1n) is 11.4. The Labute approximate surface area is 206 Å². The number of benzodiazepines with no additional fused rings is 1. The molecule has 2 heterocycles. The Bertz CT molecular complexity index is 1060. The minimum Gasteiger partial charge on any atom is -0.359 e. The summed E-state index contributed by atoms with van der Waals surface area (Å²) in [6.45, 7) is 6.46. The summed E-state index contributed by atoms with van der Waals surface area (Å²) in [5, 5.41) is 7.61. The van der Waals surface area contributed by atoms with Gasteiger partial charge in [0.1, 0.15) is 0 Å². The van der Waals surface area contributed by atoms with Crippen molar-refractivity contribution in [1.82, 2.24) is 15.5 Å². The number of likely N-dealkylation sites (N-methyl/N-ethyl adjacent to an activating group) is 1. The number of fused-ring (bicyclic) bond motifs is 1. The molecule has 33 heavy (non-hydrogen) atoms. The van der Waals surface area contributed by atoms with Crippen molar-refractivity contribution in [2.75, 3.05) is 25.0 Å². The van der Waals surface area contributed by atoms with E-state index in [0.717, 1.165) is 42.7 Å². The van der Waals surface area contributed by atoms with E-state index in [-0.39, 0.29) is 11.9 Å². The van der Waals surface area contributed by atoms with Crippen molar-refractivity contribution in [2.45, 2.75) is 44.9 Å². The van der Waals surface area contributed by atoms with Crippen molar-refractivity contribution < 1.29 is 4.79 Å². The molecule has 174 valence electrons. The van der Waals surface area contributed by atoms with Crippen LogP contribution >= 0.6 is 23.8 Å². The van der Waals surface area contributed by atoms with Crippen LogP contribution in [0.4, 0.5) is 5.69 Å². The van der Waals surface area contributed by atoms with Gasteiger partial charge in [-0.05, 0) is 63.7 Å². The van der Waals surface area contributed by atoms with Gasteiger partial charge in [0.25, 0.3) is 5.91 Å². The lowest BCUT2D eigenvalue weighted by atomic mass is 10.0. The molecule has 1 amide bonds. The first-order valence-corrected chi connectivity index (χ1v) is 12.1. The second-order valence-electron chi connectivity index (χ2n) is 8.85. The van der Waals surface area contributed by atoms with E-state index in [0.29, 0.717) is 21.9 Å². The molecule has 0 saturated carbocycles. The number of thiocarbonyl (C=S) groups is 1. The number of hydrogen-bond donors (Lipinski definition) is 2. The van der Waals surface area contributed by atoms with Gasteiger partial charge in [0.05, 0.1) is 11.4 Å². The van der Waals surface area contributed by atoms with Crippen LogP contribution in [-0.4, -0.2) is 60.0 Å². The summed E-state index contributed by atoms with van der Waals surface area (Å²) in [6, 6.07) is 16.1. The number of anilines is 1. The molecule has 2 aromatic rings. The average molecular weight is 484 g/mol. The second-order valence-corrected chi connectivity index (χ2v) is 9.70. The molecule has 2 aromatic carbocycles. The van der Waals surface area contributed by atoms with Crippen molar-refractivity contribution in [3.8, 4) is 0 Å². The van der Waals surface area contributed by atoms with Crippen LogP contribution in [0.5, 0.6) is 0 Å². The van der Waals surface area contributed by atoms with Crippen LogP contribution in [0.25, 0.3) is 0 Å². The van der Waals surface area contributed by atoms with Gasteiger partial charge < -0.3 is 15.5 Å². The van der Waals surface area contributed by atoms with Crippen LogP contribution in [0.1, 0.15) is 37.8 Å². The fraction of sp³-hybridized carbons (Fsp3) is 0.400. The van der Waals surface area contributed by atoms with Gasteiger partial charge in [0.15, 0.2) is 5.11 Å². The van der Waals surface area contributed by atoms with Gasteiger partial charge >= 0.3 is 0 Å². The molecule has 1 saturated heterocycles. The number of hydrogen-bond acceptors (Lipinski definition) is 4. The number of amides is 1. The van der Waals surface area contributed by atoms with Crippen molar-refractivity contribution in [1.29, 1.82) is 0 Å². The predicted octanol–water partition coefficient (Wildman–Crippen LogP) is 3.82. The molecule has 2 atom stereocenters. The topological polar surface area (TPSA) is 60.0 Å². The molecule has 0 radical (unpaired) electrons. The Balaban J connectivity index is 1.60. The highest BCUT2D eigenvalue weighted by atomic mass is 35.5. The Morgan fingerprint density at radius 3 is 2.67 bits per heavy atom. The van der Waals surface area contributed by atoms with Crippen molar-refractivity contribution in [3.63, 3.8) is 0 Å². The van der Waals surface area contributed by atoms with Gasteiger partial charge in [0.2, 0.25) is 6.17 Å². The van der Waals surface area contributed by atoms with Gasteiger partial charge in [-0.3, -0.25) is 9.69 Å². The molecule has 4 rings (SSSR count). The van der Waals surface area contributed by atoms with Gasteiger partial charge in [-0.25, -0.2) is 4.99 Å². The minimum atomic E-state index is -0.846. The van der Waals surface area contributed by atoms with Crippen molar-refractivity contribution in [2.24, 2.45) is 4.99 Å². The molecule has 0 aromatic heterocycles. The normalized spacial score (nSPS) is 21.3. The fourth-order valence-electron chi connectivity index (χ4n) is 4.41. The Morgan fingerprint density at radius 2 is 1.94 bits per heavy atom. The summed E-state index contributed by atoms with van der Waals surface area (Å²) < 4.78 is 0. The number of likely N-dealkylation sites (tertiary alicyclic amines) is 1. The fourth-order valence-corrected chi connectivity index (χ4v) is 4.86. The number of aliphatic imine (C=N–C) groups is 1. The summed E-state index contributed by atoms with van der Waals surface area (Å²) in [7, 11) is 1.76. The first kappa shape index (κ1) is 23.7. The van der Waals surface area contributed by atoms with E-state index in [4.69, 9.17) is 28.8 Å². The van der Waals surface area contributed by atoms with Gasteiger partial charge in [-0.1, -0.05) is 41.9 Å². The van der Waals surface area contributed by atoms with Crippen LogP contribution in [-0.2, 0) is 4.79 Å². The number of benzene rings is 2. The molecule has 2 unspecified atom stereocenters. The molecule has 0 spiro atoms. The summed E-state index contributed by atoms with van der Waals surface area (Å²) in [6.07, 6.45) is 1.32. The third-order valence-corrected chi connectivity index (χ3v) is 6.70. The smallest absolute Gasteiger partial charge is 0.272 e. The monoisotopic (exact) mass is 483 g/mol. The number of piperidine rings is 1. The minimum absolute atomic E-state index is 0.180. The van der Waals surface area contributed by atoms with E-state index in [1.807, 2.05) is 42.5 Å². The van der Waals surface area contributed by atoms with Crippen LogP contribution in [0.15, 0.2) is 53.5 Å². The number of carbonyl (C=O) groups is 1. The third kappa shape index (κ3) is 5.37. The number of rotatable bonds is 4. The SMILES string of the molecule is CC(C)N1CCCC(NC(=S)NC2N=C(c3ccccc3)c3cc(Cl)ccc3N(C)C2=O)C1. The Morgan fingerprint density at radius 1 is 1.18 bits per heavy atom. The maximum Gasteiger partial charge on any atom is 0.272 e. The quantitative estimate of drug-likeness (QED) is 0.647. The zero-order chi connectivity index (χ0) is 23.5. The predicted molar refractivity (Wildman–Crippen MR) is 139 cm³/mol. The molecule has 0 aliphatic carbocycles. The highest BCUT2D eigenvalue weighted by molar-refractivity contribution is 7.80. The lowest BCUT2D eigenvalue weighted by Crippen LogP contribution is -2.55. The van der Waals surface area contributed by atoms with E-state index in [2.05, 4.69) is 29.4 Å². The van der Waals surface area contributed by atoms with Crippen LogP contribution in [0.3, 0.4) is 0 Å². The maximum atomic E-state index is 13.4. The van der Waals surface area contributed by atoms with Gasteiger partial charge in [-0.2, -0.15) is 0 Å². The van der Waals surface area contributed by atoms with E-state index >= 15 is 0 Å². The van der Waals surface area contributed by atoms with E-state index in [1.165, 1.54) is 0 Å². The van der Waals surface area contributed by atoms with Gasteiger partial charge in [0, 0.05) is 41.8 Å². The highest BCUT2D eigenvalue weighted by Crippen LogP contribution is 2.29. The summed E-state index contributed by atoms with van der Waals surface area (Å²) in [5.74, 6) is -0.180. The van der Waals surface area contributed by atoms with E-state index in [9.17, 15) is 4.79 Å². The number of nitrogens with zero attached hydrogens (tertiary/aromatic N) is 3. The standard InChI is InChI=1S/C25H30ClN5OS/c1-16(2)31-13-7-10-19(15-31)27-25(33)29-23-24(32)30(3)21-12-11-18(26)14-20(21)22(28-23)17-8-5-4-6-9-17/h4-6,8-9,11-12,14,16,19,23H,7,10,13,15H2,1-3H3,(H2,27,29,33). The van der Waals surface area contributed by atoms with Crippen LogP contribution in [0.2, 0.25) is 5.02 Å². The third-order valence-electron chi connectivity index (χ3n) is 6.23. The molecular weight excluding hydrogens is 454 g/mol. The van der Waals surface area contributed by atoms with E-state index in [1.54, 1.807) is 18.0 Å². The zero-order valence-corrected chi connectivity index (χ0v) is 20.8. The molecule has 2 aliphatic rings. The Hall–Kier alpha value is -2.48. The van der Waals surface area contributed by atoms with Gasteiger partial charge in [-0.15, -0.1) is 0 Å². The summed E-state index contributed by atoms with van der Waals surface area (Å²) in [5.41, 5.74) is 3.19. The van der Waals surface area contributed by atoms with Crippen molar-refractivity contribution >= 4 is 46.2 Å². The zero-order valence-electron chi connectivity index (χ0n) is 19.2. The van der Waals surface area contributed by atoms with E-state index < -0.39 is 6.17 Å². The lowest BCUT2D eigenvalue weighted by molar-refractivity contribution is -0.119. The molecule has 2 N–H and O–H groups in total. The number of halogens is 1. The summed E-state index contributed by atoms with van der Waals surface area (Å²) in [4.78, 5) is 22.3. The molecule has 2 aliphatic heterocycles. The molecule has 6 nitrogen and oxygen atoms in total. The van der Waals surface area contributed by atoms with Crippen molar-refractivity contribution in [3.05, 3.63) is 64.7 Å². The molecular formula is C25H30ClN5OS. The number of carbonyl (C=O) groups excluding carboxylic acids is 1. The largest absolute Gasteiger partial charge is 0.359 e. The number of nitrogens with one attached hydrogen (secondary N) is 2. The first-order chi connectivity index (χ1) is 15.8. The second kappa shape index (κ2) is 10.2. The highest BCUT2D eigenvalue weighted by Gasteiger charge is 2.31. The van der Waals surface area contributed by atoms with Crippen LogP contribution < -0.4 is 15.5 Å². The Kier molecular flexibility index (Phi) is 7.32. The van der Waals surface area contributed by atoms with Crippen LogP contribution in [0, 0.1) is 0 Å². The molecule has 0 bridgehead atoms. The maximum absolute atomic E-state index is 13.4.